The van der Waals surface area contributed by atoms with E-state index in [4.69, 9.17) is 9.15 Å². The molecule has 0 saturated carbocycles. The molecule has 4 rings (SSSR count). The van der Waals surface area contributed by atoms with Gasteiger partial charge >= 0.3 is 5.97 Å². The summed E-state index contributed by atoms with van der Waals surface area (Å²) in [6.45, 7) is 3.91. The van der Waals surface area contributed by atoms with Crippen molar-refractivity contribution in [1.29, 1.82) is 0 Å². The third-order valence-corrected chi connectivity index (χ3v) is 5.82. The van der Waals surface area contributed by atoms with Crippen molar-refractivity contribution in [2.24, 2.45) is 0 Å². The molecule has 3 heterocycles. The van der Waals surface area contributed by atoms with E-state index >= 15 is 0 Å². The second kappa shape index (κ2) is 7.79. The van der Waals surface area contributed by atoms with Crippen LogP contribution in [0, 0.1) is 13.8 Å². The Morgan fingerprint density at radius 3 is 2.70 bits per heavy atom. The number of carbonyl (C=O) groups is 1. The van der Waals surface area contributed by atoms with Crippen LogP contribution in [0.2, 0.25) is 0 Å². The molecule has 0 spiro atoms. The fraction of sp³-hybridized carbons (Fsp3) is 0.227. The largest absolute Gasteiger partial charge is 0.496 e. The number of methoxy groups -OCH3 is 2. The summed E-state index contributed by atoms with van der Waals surface area (Å²) >= 11 is 1.44. The Bertz CT molecular complexity index is 1320. The average molecular weight is 424 g/mol. The van der Waals surface area contributed by atoms with Gasteiger partial charge in [-0.2, -0.15) is 0 Å². The summed E-state index contributed by atoms with van der Waals surface area (Å²) in [5, 5.41) is 2.52. The minimum absolute atomic E-state index is 0.0946. The zero-order valence-electron chi connectivity index (χ0n) is 17.0. The molecule has 0 aliphatic carbocycles. The van der Waals surface area contributed by atoms with Crippen LogP contribution in [0.1, 0.15) is 27.7 Å². The van der Waals surface area contributed by atoms with Gasteiger partial charge in [0, 0.05) is 10.9 Å². The van der Waals surface area contributed by atoms with Gasteiger partial charge in [0.25, 0.3) is 5.56 Å². The zero-order valence-corrected chi connectivity index (χ0v) is 17.8. The smallest absolute Gasteiger partial charge is 0.373 e. The standard InChI is InChI=1S/C22H20N2O5S/c1-12-9-14(5-7-17(12)27-3)16-11-30-20-19(16)21(25)24(13(2)23-20)10-15-6-8-18(29-15)22(26)28-4/h5-9,11H,10H2,1-4H3. The number of carbonyl (C=O) groups excluding carboxylic acids is 1. The van der Waals surface area contributed by atoms with Crippen LogP contribution in [0.25, 0.3) is 21.3 Å². The maximum Gasteiger partial charge on any atom is 0.373 e. The highest BCUT2D eigenvalue weighted by atomic mass is 32.1. The van der Waals surface area contributed by atoms with Gasteiger partial charge in [0.1, 0.15) is 22.2 Å². The van der Waals surface area contributed by atoms with Crippen LogP contribution >= 0.6 is 11.3 Å². The van der Waals surface area contributed by atoms with Gasteiger partial charge in [0.15, 0.2) is 0 Å². The molecule has 1 aromatic carbocycles. The fourth-order valence-corrected chi connectivity index (χ4v) is 4.38. The molecular weight excluding hydrogens is 404 g/mol. The SMILES string of the molecule is COC(=O)c1ccc(Cn2c(C)nc3scc(-c4ccc(OC)c(C)c4)c3c2=O)o1. The number of hydrogen-bond donors (Lipinski definition) is 0. The van der Waals surface area contributed by atoms with Crippen LogP contribution in [-0.2, 0) is 11.3 Å². The molecule has 3 aromatic heterocycles. The van der Waals surface area contributed by atoms with Crippen LogP contribution in [0.3, 0.4) is 0 Å². The predicted molar refractivity (Wildman–Crippen MR) is 114 cm³/mol. The monoisotopic (exact) mass is 424 g/mol. The Morgan fingerprint density at radius 2 is 2.00 bits per heavy atom. The number of esters is 1. The number of nitrogens with zero attached hydrogens (tertiary/aromatic N) is 2. The van der Waals surface area contributed by atoms with Crippen molar-refractivity contribution < 1.29 is 18.7 Å². The topological polar surface area (TPSA) is 83.6 Å². The number of aromatic nitrogens is 2. The Morgan fingerprint density at radius 1 is 1.20 bits per heavy atom. The number of benzene rings is 1. The summed E-state index contributed by atoms with van der Waals surface area (Å²) in [6, 6.07) is 9.02. The second-order valence-corrected chi connectivity index (χ2v) is 7.68. The molecule has 0 radical (unpaired) electrons. The quantitative estimate of drug-likeness (QED) is 0.447. The van der Waals surface area contributed by atoms with E-state index < -0.39 is 5.97 Å². The number of thiophene rings is 1. The molecule has 4 aromatic rings. The molecule has 0 amide bonds. The molecule has 0 bridgehead atoms. The third-order valence-electron chi connectivity index (χ3n) is 4.95. The van der Waals surface area contributed by atoms with Crippen LogP contribution in [0.4, 0.5) is 0 Å². The summed E-state index contributed by atoms with van der Waals surface area (Å²) < 4.78 is 17.1. The second-order valence-electron chi connectivity index (χ2n) is 6.82. The summed E-state index contributed by atoms with van der Waals surface area (Å²) in [7, 11) is 2.92. The van der Waals surface area contributed by atoms with Crippen LogP contribution in [0.15, 0.2) is 44.9 Å². The molecule has 0 atom stereocenters. The Labute approximate surface area is 176 Å². The van der Waals surface area contributed by atoms with E-state index in [0.29, 0.717) is 21.8 Å². The normalized spacial score (nSPS) is 11.1. The number of hydrogen-bond acceptors (Lipinski definition) is 7. The number of furan rings is 1. The lowest BCUT2D eigenvalue weighted by molar-refractivity contribution is 0.0563. The van der Waals surface area contributed by atoms with E-state index in [1.54, 1.807) is 24.7 Å². The van der Waals surface area contributed by atoms with Crippen molar-refractivity contribution in [1.82, 2.24) is 9.55 Å². The van der Waals surface area contributed by atoms with Gasteiger partial charge in [0.05, 0.1) is 26.2 Å². The van der Waals surface area contributed by atoms with Crippen molar-refractivity contribution in [2.75, 3.05) is 14.2 Å². The predicted octanol–water partition coefficient (Wildman–Crippen LogP) is 4.18. The van der Waals surface area contributed by atoms with Crippen LogP contribution in [-0.4, -0.2) is 29.7 Å². The van der Waals surface area contributed by atoms with E-state index in [-0.39, 0.29) is 17.9 Å². The van der Waals surface area contributed by atoms with Gasteiger partial charge in [-0.15, -0.1) is 11.3 Å². The fourth-order valence-electron chi connectivity index (χ4n) is 3.40. The summed E-state index contributed by atoms with van der Waals surface area (Å²) in [6.07, 6.45) is 0. The molecule has 0 saturated heterocycles. The zero-order chi connectivity index (χ0) is 21.4. The maximum atomic E-state index is 13.4. The lowest BCUT2D eigenvalue weighted by Crippen LogP contribution is -2.24. The molecule has 8 heteroatoms. The van der Waals surface area contributed by atoms with E-state index in [2.05, 4.69) is 9.72 Å². The maximum absolute atomic E-state index is 13.4. The lowest BCUT2D eigenvalue weighted by atomic mass is 10.0. The molecule has 7 nitrogen and oxygen atoms in total. The Balaban J connectivity index is 1.80. The van der Waals surface area contributed by atoms with Gasteiger partial charge in [-0.1, -0.05) is 6.07 Å². The minimum atomic E-state index is -0.561. The van der Waals surface area contributed by atoms with Crippen molar-refractivity contribution in [3.63, 3.8) is 0 Å². The third kappa shape index (κ3) is 3.39. The Hall–Kier alpha value is -3.39. The van der Waals surface area contributed by atoms with Crippen molar-refractivity contribution in [3.8, 4) is 16.9 Å². The summed E-state index contributed by atoms with van der Waals surface area (Å²) in [5.74, 6) is 1.37. The molecule has 0 aliphatic rings. The first-order chi connectivity index (χ1) is 14.4. The molecule has 30 heavy (non-hydrogen) atoms. The molecule has 0 aliphatic heterocycles. The minimum Gasteiger partial charge on any atom is -0.496 e. The first-order valence-corrected chi connectivity index (χ1v) is 10.1. The van der Waals surface area contributed by atoms with E-state index in [9.17, 15) is 9.59 Å². The van der Waals surface area contributed by atoms with Gasteiger partial charge in [0.2, 0.25) is 5.76 Å². The van der Waals surface area contributed by atoms with Gasteiger partial charge in [-0.3, -0.25) is 9.36 Å². The highest BCUT2D eigenvalue weighted by molar-refractivity contribution is 7.17. The van der Waals surface area contributed by atoms with Crippen LogP contribution < -0.4 is 10.3 Å². The van der Waals surface area contributed by atoms with E-state index in [1.165, 1.54) is 24.5 Å². The van der Waals surface area contributed by atoms with Gasteiger partial charge in [-0.05, 0) is 49.2 Å². The number of rotatable bonds is 5. The summed E-state index contributed by atoms with van der Waals surface area (Å²) in [4.78, 5) is 30.3. The molecule has 154 valence electrons. The number of fused-ring (bicyclic) bond motifs is 1. The molecule has 0 fully saturated rings. The van der Waals surface area contributed by atoms with Crippen molar-refractivity contribution in [3.05, 3.63) is 69.0 Å². The number of aryl methyl sites for hydroxylation is 2. The van der Waals surface area contributed by atoms with Crippen molar-refractivity contribution in [2.45, 2.75) is 20.4 Å². The Kier molecular flexibility index (Phi) is 5.17. The highest BCUT2D eigenvalue weighted by Crippen LogP contribution is 2.33. The lowest BCUT2D eigenvalue weighted by Gasteiger charge is -2.10. The molecule has 0 N–H and O–H groups in total. The molecular formula is C22H20N2O5S. The van der Waals surface area contributed by atoms with Crippen LogP contribution in [0.5, 0.6) is 5.75 Å². The first-order valence-electron chi connectivity index (χ1n) is 9.23. The van der Waals surface area contributed by atoms with E-state index in [1.807, 2.05) is 30.5 Å². The summed E-state index contributed by atoms with van der Waals surface area (Å²) in [5.41, 5.74) is 2.60. The average Bonchev–Trinajstić information content (AvgIpc) is 3.37. The van der Waals surface area contributed by atoms with Gasteiger partial charge in [-0.25, -0.2) is 9.78 Å². The van der Waals surface area contributed by atoms with Gasteiger partial charge < -0.3 is 13.9 Å². The first kappa shape index (κ1) is 19.9. The molecule has 0 unspecified atom stereocenters. The van der Waals surface area contributed by atoms with E-state index in [0.717, 1.165) is 22.4 Å². The number of ether oxygens (including phenoxy) is 2. The van der Waals surface area contributed by atoms with Crippen molar-refractivity contribution >= 4 is 27.5 Å². The highest BCUT2D eigenvalue weighted by Gasteiger charge is 2.18.